The van der Waals surface area contributed by atoms with Crippen molar-refractivity contribution in [2.75, 3.05) is 0 Å². The minimum absolute atomic E-state index is 0.0109. The predicted octanol–water partition coefficient (Wildman–Crippen LogP) is 4.19. The second-order valence-corrected chi connectivity index (χ2v) is 7.94. The first-order valence-electron chi connectivity index (χ1n) is 9.59. The highest BCUT2D eigenvalue weighted by atomic mass is 32.2. The number of nitrogens with zero attached hydrogens (tertiary/aromatic N) is 5. The zero-order valence-electron chi connectivity index (χ0n) is 16.7. The van der Waals surface area contributed by atoms with E-state index < -0.39 is 16.6 Å². The fourth-order valence-corrected chi connectivity index (χ4v) is 4.30. The van der Waals surface area contributed by atoms with Gasteiger partial charge in [0.15, 0.2) is 5.84 Å². The molecular formula is C22H13FN6O3S. The summed E-state index contributed by atoms with van der Waals surface area (Å²) in [6, 6.07) is 15.6. The van der Waals surface area contributed by atoms with Crippen LogP contribution in [0.1, 0.15) is 11.3 Å². The number of nitrogens with one attached hydrogen (secondary N) is 1. The second kappa shape index (κ2) is 7.95. The van der Waals surface area contributed by atoms with Crippen molar-refractivity contribution in [2.45, 2.75) is 0 Å². The third-order valence-electron chi connectivity index (χ3n) is 4.95. The van der Waals surface area contributed by atoms with Gasteiger partial charge >= 0.3 is 0 Å². The standard InChI is InChI=1S/C22H13FN6O3S/c23-18-9-2-1-8-16(18)21-26-28-19(24)17(20(30)25-22(28)33-21)12-14-7-4-10-27(14)13-5-3-6-15(11-13)29(31)32/h1-12,24H/b17-12+,24-19?. The number of aromatic nitrogens is 1. The minimum Gasteiger partial charge on any atom is -0.317 e. The first-order chi connectivity index (χ1) is 15.9. The number of rotatable bonds is 4. The van der Waals surface area contributed by atoms with Crippen LogP contribution in [0, 0.1) is 21.3 Å². The van der Waals surface area contributed by atoms with Crippen molar-refractivity contribution < 1.29 is 14.1 Å². The molecule has 0 bridgehead atoms. The summed E-state index contributed by atoms with van der Waals surface area (Å²) in [5.41, 5.74) is 1.22. The maximum atomic E-state index is 14.2. The molecule has 162 valence electrons. The van der Waals surface area contributed by atoms with Crippen molar-refractivity contribution in [1.29, 1.82) is 5.41 Å². The quantitative estimate of drug-likeness (QED) is 0.356. The van der Waals surface area contributed by atoms with Crippen LogP contribution in [0.15, 0.2) is 82.5 Å². The lowest BCUT2D eigenvalue weighted by molar-refractivity contribution is -0.384. The van der Waals surface area contributed by atoms with E-state index in [-0.39, 0.29) is 27.8 Å². The summed E-state index contributed by atoms with van der Waals surface area (Å²) in [7, 11) is 0. The lowest BCUT2D eigenvalue weighted by Gasteiger charge is -2.20. The SMILES string of the molecule is N=C1/C(=C\c2cccn2-c2cccc([N+](=O)[O-])c2)C(=O)N=C2SC(c3ccccc3F)=NN12. The van der Waals surface area contributed by atoms with E-state index in [4.69, 9.17) is 5.41 Å². The Labute approximate surface area is 190 Å². The number of halogens is 1. The van der Waals surface area contributed by atoms with E-state index in [1.54, 1.807) is 53.2 Å². The molecule has 0 fully saturated rings. The summed E-state index contributed by atoms with van der Waals surface area (Å²) < 4.78 is 15.8. The number of hydrogen-bond acceptors (Lipinski definition) is 6. The summed E-state index contributed by atoms with van der Waals surface area (Å²) in [5, 5.41) is 25.6. The smallest absolute Gasteiger partial charge is 0.283 e. The number of hydrazone groups is 1. The van der Waals surface area contributed by atoms with Crippen LogP contribution >= 0.6 is 11.8 Å². The Morgan fingerprint density at radius 3 is 2.73 bits per heavy atom. The first kappa shape index (κ1) is 20.5. The normalized spacial score (nSPS) is 16.6. The lowest BCUT2D eigenvalue weighted by Crippen LogP contribution is -2.35. The molecule has 11 heteroatoms. The Hall–Kier alpha value is -4.38. The van der Waals surface area contributed by atoms with E-state index in [2.05, 4.69) is 10.1 Å². The van der Waals surface area contributed by atoms with Gasteiger partial charge in [0.05, 0.1) is 16.2 Å². The highest BCUT2D eigenvalue weighted by Crippen LogP contribution is 2.32. The number of non-ortho nitro benzene ring substituents is 1. The molecule has 2 aliphatic heterocycles. The molecule has 2 aromatic carbocycles. The number of fused-ring (bicyclic) bond motifs is 1. The van der Waals surface area contributed by atoms with Crippen LogP contribution in [0.2, 0.25) is 0 Å². The van der Waals surface area contributed by atoms with Crippen molar-refractivity contribution in [2.24, 2.45) is 10.1 Å². The Balaban J connectivity index is 1.51. The van der Waals surface area contributed by atoms with Gasteiger partial charge in [-0.25, -0.2) is 4.39 Å². The number of nitro groups is 1. The molecule has 0 radical (unpaired) electrons. The van der Waals surface area contributed by atoms with E-state index in [0.29, 0.717) is 16.4 Å². The number of carbonyl (C=O) groups excluding carboxylic acids is 1. The van der Waals surface area contributed by atoms with Gasteiger partial charge in [0.25, 0.3) is 11.6 Å². The monoisotopic (exact) mass is 460 g/mol. The van der Waals surface area contributed by atoms with Gasteiger partial charge in [-0.2, -0.15) is 15.1 Å². The van der Waals surface area contributed by atoms with E-state index in [0.717, 1.165) is 11.8 Å². The van der Waals surface area contributed by atoms with Gasteiger partial charge in [0.1, 0.15) is 10.9 Å². The van der Waals surface area contributed by atoms with Crippen LogP contribution < -0.4 is 0 Å². The molecule has 2 aliphatic rings. The zero-order chi connectivity index (χ0) is 23.1. The van der Waals surface area contributed by atoms with E-state index in [1.807, 2.05) is 0 Å². The van der Waals surface area contributed by atoms with Crippen LogP contribution in [0.25, 0.3) is 11.8 Å². The Bertz CT molecular complexity index is 1440. The zero-order valence-corrected chi connectivity index (χ0v) is 17.5. The van der Waals surface area contributed by atoms with Crippen LogP contribution in [0.5, 0.6) is 0 Å². The fourth-order valence-electron chi connectivity index (χ4n) is 3.39. The summed E-state index contributed by atoms with van der Waals surface area (Å²) >= 11 is 1.01. The number of amidine groups is 2. The molecular weight excluding hydrogens is 447 g/mol. The van der Waals surface area contributed by atoms with Gasteiger partial charge in [-0.15, -0.1) is 0 Å². The molecule has 0 aliphatic carbocycles. The highest BCUT2D eigenvalue weighted by molar-refractivity contribution is 8.27. The Morgan fingerprint density at radius 2 is 1.94 bits per heavy atom. The molecule has 33 heavy (non-hydrogen) atoms. The predicted molar refractivity (Wildman–Crippen MR) is 123 cm³/mol. The molecule has 0 saturated carbocycles. The fraction of sp³-hybridized carbons (Fsp3) is 0. The van der Waals surface area contributed by atoms with Crippen LogP contribution in [0.3, 0.4) is 0 Å². The van der Waals surface area contributed by atoms with Crippen LogP contribution in [-0.2, 0) is 4.79 Å². The Morgan fingerprint density at radius 1 is 1.12 bits per heavy atom. The maximum absolute atomic E-state index is 14.2. The maximum Gasteiger partial charge on any atom is 0.283 e. The Kier molecular flexibility index (Phi) is 4.94. The van der Waals surface area contributed by atoms with Crippen molar-refractivity contribution >= 4 is 45.5 Å². The third-order valence-corrected chi connectivity index (χ3v) is 5.89. The van der Waals surface area contributed by atoms with E-state index >= 15 is 0 Å². The number of carbonyl (C=O) groups is 1. The number of aliphatic imine (C=N–C) groups is 1. The second-order valence-electron chi connectivity index (χ2n) is 6.99. The van der Waals surface area contributed by atoms with E-state index in [1.165, 1.54) is 29.3 Å². The van der Waals surface area contributed by atoms with Gasteiger partial charge in [0.2, 0.25) is 5.17 Å². The van der Waals surface area contributed by atoms with Gasteiger partial charge < -0.3 is 4.57 Å². The summed E-state index contributed by atoms with van der Waals surface area (Å²) in [6.07, 6.45) is 3.17. The molecule has 9 nitrogen and oxygen atoms in total. The van der Waals surface area contributed by atoms with Crippen molar-refractivity contribution in [3.05, 3.63) is 99.6 Å². The molecule has 1 amide bonds. The van der Waals surface area contributed by atoms with Gasteiger partial charge in [0, 0.05) is 29.6 Å². The molecule has 3 aromatic rings. The number of hydrogen-bond donors (Lipinski definition) is 1. The van der Waals surface area contributed by atoms with Crippen molar-refractivity contribution in [3.8, 4) is 5.69 Å². The summed E-state index contributed by atoms with van der Waals surface area (Å²) in [6.45, 7) is 0. The summed E-state index contributed by atoms with van der Waals surface area (Å²) in [5.74, 6) is -1.29. The number of amides is 1. The molecule has 0 saturated heterocycles. The average molecular weight is 460 g/mol. The van der Waals surface area contributed by atoms with Crippen LogP contribution in [0.4, 0.5) is 10.1 Å². The molecule has 5 rings (SSSR count). The molecule has 1 aromatic heterocycles. The third kappa shape index (κ3) is 3.64. The van der Waals surface area contributed by atoms with Gasteiger partial charge in [-0.3, -0.25) is 20.3 Å². The average Bonchev–Trinajstić information content (AvgIpc) is 3.44. The number of nitro benzene ring substituents is 1. The molecule has 0 atom stereocenters. The number of benzene rings is 2. The molecule has 1 N–H and O–H groups in total. The number of thioether (sulfide) groups is 1. The van der Waals surface area contributed by atoms with Crippen LogP contribution in [-0.4, -0.2) is 36.5 Å². The molecule has 0 unspecified atom stereocenters. The van der Waals surface area contributed by atoms with E-state index in [9.17, 15) is 19.3 Å². The largest absolute Gasteiger partial charge is 0.317 e. The van der Waals surface area contributed by atoms with Crippen molar-refractivity contribution in [1.82, 2.24) is 9.58 Å². The lowest BCUT2D eigenvalue weighted by atomic mass is 10.1. The molecule has 0 spiro atoms. The molecule has 3 heterocycles. The van der Waals surface area contributed by atoms with Gasteiger partial charge in [-0.1, -0.05) is 18.2 Å². The summed E-state index contributed by atoms with van der Waals surface area (Å²) in [4.78, 5) is 27.4. The van der Waals surface area contributed by atoms with Gasteiger partial charge in [-0.05, 0) is 48.2 Å². The minimum atomic E-state index is -0.629. The first-order valence-corrected chi connectivity index (χ1v) is 10.4. The van der Waals surface area contributed by atoms with Crippen molar-refractivity contribution in [3.63, 3.8) is 0 Å². The highest BCUT2D eigenvalue weighted by Gasteiger charge is 2.36. The topological polar surface area (TPSA) is 117 Å².